The van der Waals surface area contributed by atoms with Gasteiger partial charge in [0.1, 0.15) is 18.0 Å². The van der Waals surface area contributed by atoms with E-state index in [4.69, 9.17) is 0 Å². The van der Waals surface area contributed by atoms with Crippen LogP contribution >= 0.6 is 0 Å². The standard InChI is InChI=1S/C23H34FN5O3/c1-6-16(4)21-22(31)27(12-15(2)3)13-19-28(21)20(30)14-26(5)29(19)23(32)25-11-17-7-9-18(24)10-8-17/h7-10,15-16,19,21H,6,11-14H2,1-5H3,(H,25,32)/t16?,19-,21-/m0/s1. The van der Waals surface area contributed by atoms with Crippen molar-refractivity contribution in [1.82, 2.24) is 25.1 Å². The molecule has 4 amide bonds. The normalized spacial score (nSPS) is 22.9. The van der Waals surface area contributed by atoms with Crippen LogP contribution in [0.25, 0.3) is 0 Å². The van der Waals surface area contributed by atoms with Crippen LogP contribution in [0.5, 0.6) is 0 Å². The molecule has 0 aromatic heterocycles. The Hall–Kier alpha value is -2.68. The van der Waals surface area contributed by atoms with E-state index < -0.39 is 12.2 Å². The molecule has 32 heavy (non-hydrogen) atoms. The summed E-state index contributed by atoms with van der Waals surface area (Å²) < 4.78 is 13.2. The number of hydrazine groups is 1. The van der Waals surface area contributed by atoms with Crippen LogP contribution in [-0.4, -0.2) is 76.6 Å². The lowest BCUT2D eigenvalue weighted by Gasteiger charge is -2.55. The summed E-state index contributed by atoms with van der Waals surface area (Å²) in [5.41, 5.74) is 0.769. The SMILES string of the molecule is CCC(C)[C@H]1C(=O)N(CC(C)C)C[C@H]2N1C(=O)CN(C)N2C(=O)NCc1ccc(F)cc1. The number of amides is 4. The van der Waals surface area contributed by atoms with E-state index >= 15 is 0 Å². The Kier molecular flexibility index (Phi) is 7.38. The second kappa shape index (κ2) is 9.85. The van der Waals surface area contributed by atoms with Gasteiger partial charge in [0.15, 0.2) is 0 Å². The van der Waals surface area contributed by atoms with E-state index in [0.29, 0.717) is 6.54 Å². The summed E-state index contributed by atoms with van der Waals surface area (Å²) in [7, 11) is 1.70. The van der Waals surface area contributed by atoms with E-state index in [0.717, 1.165) is 12.0 Å². The maximum Gasteiger partial charge on any atom is 0.334 e. The molecule has 0 spiro atoms. The molecule has 1 N–H and O–H groups in total. The highest BCUT2D eigenvalue weighted by Crippen LogP contribution is 2.30. The first kappa shape index (κ1) is 24.0. The third-order valence-corrected chi connectivity index (χ3v) is 6.20. The molecule has 1 unspecified atom stereocenters. The van der Waals surface area contributed by atoms with Crippen LogP contribution in [0.3, 0.4) is 0 Å². The van der Waals surface area contributed by atoms with Crippen molar-refractivity contribution in [2.75, 3.05) is 26.7 Å². The van der Waals surface area contributed by atoms with Gasteiger partial charge >= 0.3 is 6.03 Å². The molecule has 2 aliphatic heterocycles. The van der Waals surface area contributed by atoms with Crippen molar-refractivity contribution in [3.05, 3.63) is 35.6 Å². The number of likely N-dealkylation sites (N-methyl/N-ethyl adjacent to an activating group) is 1. The number of hydrogen-bond acceptors (Lipinski definition) is 4. The van der Waals surface area contributed by atoms with Gasteiger partial charge in [0.2, 0.25) is 11.8 Å². The van der Waals surface area contributed by atoms with Gasteiger partial charge < -0.3 is 15.1 Å². The summed E-state index contributed by atoms with van der Waals surface area (Å²) in [5, 5.41) is 6.03. The monoisotopic (exact) mass is 447 g/mol. The van der Waals surface area contributed by atoms with Gasteiger partial charge in [-0.15, -0.1) is 0 Å². The van der Waals surface area contributed by atoms with E-state index in [2.05, 4.69) is 5.32 Å². The van der Waals surface area contributed by atoms with Crippen LogP contribution in [0.1, 0.15) is 39.7 Å². The largest absolute Gasteiger partial charge is 0.337 e. The minimum atomic E-state index is -0.592. The molecular weight excluding hydrogens is 413 g/mol. The van der Waals surface area contributed by atoms with Crippen LogP contribution < -0.4 is 5.32 Å². The number of nitrogens with zero attached hydrogens (tertiary/aromatic N) is 4. The minimum Gasteiger partial charge on any atom is -0.337 e. The van der Waals surface area contributed by atoms with Gasteiger partial charge in [-0.1, -0.05) is 46.2 Å². The van der Waals surface area contributed by atoms with Crippen LogP contribution in [0.15, 0.2) is 24.3 Å². The van der Waals surface area contributed by atoms with E-state index in [9.17, 15) is 18.8 Å². The number of carbonyl (C=O) groups is 3. The number of fused-ring (bicyclic) bond motifs is 1. The van der Waals surface area contributed by atoms with Gasteiger partial charge in [-0.25, -0.2) is 19.2 Å². The Morgan fingerprint density at radius 3 is 2.44 bits per heavy atom. The van der Waals surface area contributed by atoms with Crippen molar-refractivity contribution < 1.29 is 18.8 Å². The van der Waals surface area contributed by atoms with Crippen molar-refractivity contribution in [3.8, 4) is 0 Å². The first-order chi connectivity index (χ1) is 15.1. The fourth-order valence-electron chi connectivity index (χ4n) is 4.46. The summed E-state index contributed by atoms with van der Waals surface area (Å²) in [6.07, 6.45) is 0.166. The molecule has 9 heteroatoms. The number of carbonyl (C=O) groups excluding carboxylic acids is 3. The van der Waals surface area contributed by atoms with Gasteiger partial charge in [-0.05, 0) is 29.5 Å². The Labute approximate surface area is 189 Å². The molecule has 0 saturated carbocycles. The summed E-state index contributed by atoms with van der Waals surface area (Å²) in [6, 6.07) is 4.99. The lowest BCUT2D eigenvalue weighted by atomic mass is 9.92. The maximum absolute atomic E-state index is 13.3. The first-order valence-corrected chi connectivity index (χ1v) is 11.3. The predicted molar refractivity (Wildman–Crippen MR) is 118 cm³/mol. The zero-order valence-electron chi connectivity index (χ0n) is 19.5. The molecule has 2 saturated heterocycles. The van der Waals surface area contributed by atoms with Crippen molar-refractivity contribution in [2.24, 2.45) is 11.8 Å². The number of benzene rings is 1. The number of rotatable bonds is 6. The maximum atomic E-state index is 13.3. The Morgan fingerprint density at radius 1 is 1.19 bits per heavy atom. The Bertz CT molecular complexity index is 847. The van der Waals surface area contributed by atoms with E-state index in [1.165, 1.54) is 12.1 Å². The molecule has 2 aliphatic rings. The number of nitrogens with one attached hydrogen (secondary N) is 1. The molecule has 1 aromatic rings. The second-order valence-electron chi connectivity index (χ2n) is 9.19. The van der Waals surface area contributed by atoms with Crippen molar-refractivity contribution in [3.63, 3.8) is 0 Å². The summed E-state index contributed by atoms with van der Waals surface area (Å²) in [6.45, 7) is 9.15. The van der Waals surface area contributed by atoms with E-state index in [1.54, 1.807) is 39.0 Å². The van der Waals surface area contributed by atoms with E-state index in [-0.39, 0.29) is 55.1 Å². The fourth-order valence-corrected chi connectivity index (χ4v) is 4.46. The van der Waals surface area contributed by atoms with Gasteiger partial charge in [-0.2, -0.15) is 0 Å². The number of hydrogen-bond donors (Lipinski definition) is 1. The molecule has 8 nitrogen and oxygen atoms in total. The highest BCUT2D eigenvalue weighted by molar-refractivity contribution is 5.91. The van der Waals surface area contributed by atoms with Crippen molar-refractivity contribution >= 4 is 17.8 Å². The van der Waals surface area contributed by atoms with Gasteiger partial charge in [-0.3, -0.25) is 9.59 Å². The van der Waals surface area contributed by atoms with Gasteiger partial charge in [0, 0.05) is 20.1 Å². The van der Waals surface area contributed by atoms with Crippen LogP contribution in [0.4, 0.5) is 9.18 Å². The van der Waals surface area contributed by atoms with Crippen LogP contribution in [0.2, 0.25) is 0 Å². The molecule has 1 aromatic carbocycles. The predicted octanol–water partition coefficient (Wildman–Crippen LogP) is 2.27. The quantitative estimate of drug-likeness (QED) is 0.726. The third-order valence-electron chi connectivity index (χ3n) is 6.20. The lowest BCUT2D eigenvalue weighted by Crippen LogP contribution is -2.76. The average molecular weight is 448 g/mol. The van der Waals surface area contributed by atoms with Crippen molar-refractivity contribution in [2.45, 2.75) is 52.9 Å². The second-order valence-corrected chi connectivity index (χ2v) is 9.19. The summed E-state index contributed by atoms with van der Waals surface area (Å²) >= 11 is 0. The molecule has 2 fully saturated rings. The lowest BCUT2D eigenvalue weighted by molar-refractivity contribution is -0.190. The van der Waals surface area contributed by atoms with Crippen molar-refractivity contribution in [1.29, 1.82) is 0 Å². The smallest absolute Gasteiger partial charge is 0.334 e. The third kappa shape index (κ3) is 4.87. The average Bonchev–Trinajstić information content (AvgIpc) is 2.73. The molecule has 2 heterocycles. The fraction of sp³-hybridized carbons (Fsp3) is 0.609. The zero-order valence-corrected chi connectivity index (χ0v) is 19.5. The molecule has 0 bridgehead atoms. The van der Waals surface area contributed by atoms with E-state index in [1.807, 2.05) is 27.7 Å². The molecule has 176 valence electrons. The number of piperazine rings is 1. The topological polar surface area (TPSA) is 76.2 Å². The van der Waals surface area contributed by atoms with Gasteiger partial charge in [0.05, 0.1) is 13.1 Å². The highest BCUT2D eigenvalue weighted by atomic mass is 19.1. The Balaban J connectivity index is 1.87. The van der Waals surface area contributed by atoms with Crippen LogP contribution in [0, 0.1) is 17.7 Å². The minimum absolute atomic E-state index is 0.0187. The molecule has 0 aliphatic carbocycles. The molecular formula is C23H34FN5O3. The number of halogens is 1. The zero-order chi connectivity index (χ0) is 23.6. The summed E-state index contributed by atoms with van der Waals surface area (Å²) in [4.78, 5) is 43.0. The first-order valence-electron chi connectivity index (χ1n) is 11.3. The summed E-state index contributed by atoms with van der Waals surface area (Å²) in [5.74, 6) is -0.299. The molecule has 3 atom stereocenters. The van der Waals surface area contributed by atoms with Gasteiger partial charge in [0.25, 0.3) is 0 Å². The highest BCUT2D eigenvalue weighted by Gasteiger charge is 2.51. The van der Waals surface area contributed by atoms with Crippen LogP contribution in [-0.2, 0) is 16.1 Å². The molecule has 3 rings (SSSR count). The molecule has 0 radical (unpaired) electrons. The Morgan fingerprint density at radius 2 is 1.84 bits per heavy atom. The number of urea groups is 1.